The number of benzene rings is 3. The number of aryl methyl sites for hydroxylation is 1. The lowest BCUT2D eigenvalue weighted by molar-refractivity contribution is 0.0279. The molecule has 0 aliphatic carbocycles. The van der Waals surface area contributed by atoms with Crippen molar-refractivity contribution < 1.29 is 36.3 Å². The van der Waals surface area contributed by atoms with Gasteiger partial charge >= 0.3 is 6.09 Å². The quantitative estimate of drug-likeness (QED) is 0.137. The Balaban J connectivity index is 1.28. The normalized spacial score (nSPS) is 12.1. The molecule has 0 saturated carbocycles. The highest BCUT2D eigenvalue weighted by Crippen LogP contribution is 2.34. The van der Waals surface area contributed by atoms with Crippen LogP contribution in [0.25, 0.3) is 21.8 Å². The predicted molar refractivity (Wildman–Crippen MR) is 167 cm³/mol. The molecule has 1 heterocycles. The molecule has 232 valence electrons. The smallest absolute Gasteiger partial charge is 0.419 e. The molecule has 0 fully saturated rings. The van der Waals surface area contributed by atoms with Crippen molar-refractivity contribution in [1.82, 2.24) is 4.57 Å². The van der Waals surface area contributed by atoms with Gasteiger partial charge in [-0.25, -0.2) is 9.36 Å². The Hall–Kier alpha value is -3.64. The van der Waals surface area contributed by atoms with E-state index in [-0.39, 0.29) is 24.7 Å². The average Bonchev–Trinajstić information content (AvgIpc) is 3.26. The molecule has 1 aromatic heterocycles. The monoisotopic (exact) mass is 612 g/mol. The summed E-state index contributed by atoms with van der Waals surface area (Å²) in [7, 11) is 0.102. The molecule has 0 aliphatic heterocycles. The molecule has 10 nitrogen and oxygen atoms in total. The van der Waals surface area contributed by atoms with Crippen LogP contribution in [-0.4, -0.2) is 78.4 Å². The zero-order chi connectivity index (χ0) is 31.2. The Morgan fingerprint density at radius 3 is 2.00 bits per heavy atom. The van der Waals surface area contributed by atoms with Crippen LogP contribution in [-0.2, 0) is 28.5 Å². The van der Waals surface area contributed by atoms with Crippen LogP contribution in [0.3, 0.4) is 0 Å². The first-order valence-corrected chi connectivity index (χ1v) is 15.5. The summed E-state index contributed by atoms with van der Waals surface area (Å²) >= 11 is 0. The van der Waals surface area contributed by atoms with Crippen LogP contribution in [0.4, 0.5) is 10.5 Å². The van der Waals surface area contributed by atoms with Gasteiger partial charge in [0.25, 0.3) is 10.1 Å². The van der Waals surface area contributed by atoms with E-state index in [0.717, 1.165) is 27.5 Å². The molecule has 0 saturated heterocycles. The van der Waals surface area contributed by atoms with E-state index >= 15 is 0 Å². The molecule has 0 atom stereocenters. The van der Waals surface area contributed by atoms with Crippen LogP contribution in [0.2, 0.25) is 0 Å². The number of aromatic nitrogens is 1. The number of fused-ring (bicyclic) bond motifs is 3. The number of anilines is 1. The van der Waals surface area contributed by atoms with Crippen molar-refractivity contribution in [3.8, 4) is 5.75 Å². The minimum absolute atomic E-state index is 0.0850. The van der Waals surface area contributed by atoms with Gasteiger partial charge in [0.15, 0.2) is 0 Å². The lowest BCUT2D eigenvalue weighted by Crippen LogP contribution is -2.27. The number of hydrogen-bond donors (Lipinski definition) is 0. The van der Waals surface area contributed by atoms with Crippen molar-refractivity contribution in [1.29, 1.82) is 0 Å². The van der Waals surface area contributed by atoms with E-state index in [1.807, 2.05) is 83.1 Å². The van der Waals surface area contributed by atoms with Gasteiger partial charge in [0.1, 0.15) is 18.0 Å². The van der Waals surface area contributed by atoms with Crippen molar-refractivity contribution in [3.05, 3.63) is 66.2 Å². The summed E-state index contributed by atoms with van der Waals surface area (Å²) in [6, 6.07) is 18.1. The van der Waals surface area contributed by atoms with Crippen molar-refractivity contribution in [2.75, 3.05) is 58.6 Å². The second kappa shape index (κ2) is 13.8. The largest absolute Gasteiger partial charge is 0.491 e. The van der Waals surface area contributed by atoms with Gasteiger partial charge in [0.2, 0.25) is 0 Å². The predicted octanol–water partition coefficient (Wildman–Crippen LogP) is 5.77. The number of rotatable bonds is 13. The van der Waals surface area contributed by atoms with Gasteiger partial charge in [-0.3, -0.25) is 4.18 Å². The Morgan fingerprint density at radius 1 is 0.791 bits per heavy atom. The number of nitrogens with zero attached hydrogens (tertiary/aromatic N) is 2. The zero-order valence-electron chi connectivity index (χ0n) is 25.6. The van der Waals surface area contributed by atoms with Crippen LogP contribution >= 0.6 is 0 Å². The SMILES string of the molecule is Cc1ccc(S(=O)(=O)OCCOCCOCCOc2ccc3c4ccc(N(C)C)cc4n(C(=O)OC(C)(C)C)c3c2)cc1. The molecule has 0 spiro atoms. The fourth-order valence-electron chi connectivity index (χ4n) is 4.38. The van der Waals surface area contributed by atoms with Crippen LogP contribution in [0.15, 0.2) is 65.6 Å². The third-order valence-corrected chi connectivity index (χ3v) is 7.79. The molecule has 0 radical (unpaired) electrons. The Bertz CT molecular complexity index is 1660. The van der Waals surface area contributed by atoms with Crippen molar-refractivity contribution >= 4 is 43.7 Å². The molecule has 0 amide bonds. The summed E-state index contributed by atoms with van der Waals surface area (Å²) in [4.78, 5) is 15.4. The number of ether oxygens (including phenoxy) is 4. The van der Waals surface area contributed by atoms with Crippen LogP contribution in [0, 0.1) is 6.92 Å². The summed E-state index contributed by atoms with van der Waals surface area (Å²) in [5, 5.41) is 1.86. The van der Waals surface area contributed by atoms with E-state index in [9.17, 15) is 13.2 Å². The molecule has 43 heavy (non-hydrogen) atoms. The first kappa shape index (κ1) is 32.3. The third-order valence-electron chi connectivity index (χ3n) is 6.46. The maximum absolute atomic E-state index is 13.3. The summed E-state index contributed by atoms with van der Waals surface area (Å²) < 4.78 is 53.6. The lowest BCUT2D eigenvalue weighted by Gasteiger charge is -2.20. The van der Waals surface area contributed by atoms with E-state index in [1.165, 1.54) is 12.1 Å². The van der Waals surface area contributed by atoms with Gasteiger partial charge in [-0.15, -0.1) is 0 Å². The number of carbonyl (C=O) groups excluding carboxylic acids is 1. The summed E-state index contributed by atoms with van der Waals surface area (Å²) in [6.45, 7) is 8.65. The maximum Gasteiger partial charge on any atom is 0.419 e. The molecule has 11 heteroatoms. The van der Waals surface area contributed by atoms with Crippen LogP contribution in [0.1, 0.15) is 26.3 Å². The molecule has 0 bridgehead atoms. The highest BCUT2D eigenvalue weighted by molar-refractivity contribution is 7.86. The van der Waals surface area contributed by atoms with E-state index in [2.05, 4.69) is 0 Å². The van der Waals surface area contributed by atoms with Gasteiger partial charge in [-0.2, -0.15) is 8.42 Å². The Kier molecular flexibility index (Phi) is 10.3. The van der Waals surface area contributed by atoms with Crippen LogP contribution < -0.4 is 9.64 Å². The van der Waals surface area contributed by atoms with Crippen molar-refractivity contribution in [2.45, 2.75) is 38.2 Å². The highest BCUT2D eigenvalue weighted by Gasteiger charge is 2.23. The maximum atomic E-state index is 13.3. The number of hydrogen-bond acceptors (Lipinski definition) is 9. The highest BCUT2D eigenvalue weighted by atomic mass is 32.2. The Labute approximate surface area is 253 Å². The number of carbonyl (C=O) groups is 1. The standard InChI is InChI=1S/C32H40N2O8S/c1-23-7-11-26(12-8-23)43(36,37)41-20-18-39-16-15-38-17-19-40-25-10-14-28-27-13-9-24(33(5)6)21-29(27)34(30(28)22-25)31(35)42-32(2,3)4/h7-14,21-22H,15-20H2,1-6H3. The molecule has 0 N–H and O–H groups in total. The van der Waals surface area contributed by atoms with E-state index in [4.69, 9.17) is 23.1 Å². The Morgan fingerprint density at radius 2 is 1.37 bits per heavy atom. The van der Waals surface area contributed by atoms with Crippen molar-refractivity contribution in [3.63, 3.8) is 0 Å². The van der Waals surface area contributed by atoms with E-state index < -0.39 is 21.8 Å². The summed E-state index contributed by atoms with van der Waals surface area (Å²) in [5.41, 5.74) is 2.74. The third kappa shape index (κ3) is 8.47. The van der Waals surface area contributed by atoms with Gasteiger partial charge in [-0.05, 0) is 64.1 Å². The fourth-order valence-corrected chi connectivity index (χ4v) is 5.27. The molecule has 4 aromatic rings. The first-order chi connectivity index (χ1) is 20.4. The average molecular weight is 613 g/mol. The molecule has 0 aliphatic rings. The second-order valence-electron chi connectivity index (χ2n) is 11.3. The van der Waals surface area contributed by atoms with Gasteiger partial charge < -0.3 is 23.8 Å². The van der Waals surface area contributed by atoms with Gasteiger partial charge in [-0.1, -0.05) is 23.8 Å². The van der Waals surface area contributed by atoms with Gasteiger partial charge in [0.05, 0.1) is 49.0 Å². The first-order valence-electron chi connectivity index (χ1n) is 14.1. The summed E-state index contributed by atoms with van der Waals surface area (Å²) in [6.07, 6.45) is -0.456. The summed E-state index contributed by atoms with van der Waals surface area (Å²) in [5.74, 6) is 0.597. The molecule has 3 aromatic carbocycles. The minimum atomic E-state index is -3.81. The van der Waals surface area contributed by atoms with Crippen molar-refractivity contribution in [2.24, 2.45) is 0 Å². The second-order valence-corrected chi connectivity index (χ2v) is 12.9. The zero-order valence-corrected chi connectivity index (χ0v) is 26.4. The lowest BCUT2D eigenvalue weighted by atomic mass is 10.1. The topological polar surface area (TPSA) is 106 Å². The van der Waals surface area contributed by atoms with E-state index in [1.54, 1.807) is 16.7 Å². The fraction of sp³-hybridized carbons (Fsp3) is 0.406. The van der Waals surface area contributed by atoms with Gasteiger partial charge in [0, 0.05) is 36.6 Å². The minimum Gasteiger partial charge on any atom is -0.491 e. The molecule has 4 rings (SSSR count). The van der Waals surface area contributed by atoms with E-state index in [0.29, 0.717) is 31.1 Å². The molecule has 0 unspecified atom stereocenters. The molecular formula is C32H40N2O8S. The van der Waals surface area contributed by atoms with Crippen LogP contribution in [0.5, 0.6) is 5.75 Å². The molecular weight excluding hydrogens is 572 g/mol.